The average Bonchev–Trinajstić information content (AvgIpc) is 3.58. The van der Waals surface area contributed by atoms with Gasteiger partial charge in [-0.3, -0.25) is 14.9 Å². The molecule has 0 saturated heterocycles. The molecule has 10 heteroatoms. The summed E-state index contributed by atoms with van der Waals surface area (Å²) in [7, 11) is 0. The quantitative estimate of drug-likeness (QED) is 0.466. The summed E-state index contributed by atoms with van der Waals surface area (Å²) in [5.74, 6) is -0.250. The highest BCUT2D eigenvalue weighted by atomic mass is 16.4. The fourth-order valence-corrected chi connectivity index (χ4v) is 3.96. The van der Waals surface area contributed by atoms with E-state index >= 15 is 0 Å². The van der Waals surface area contributed by atoms with Gasteiger partial charge in [0.05, 0.1) is 17.7 Å². The summed E-state index contributed by atoms with van der Waals surface area (Å²) in [6.07, 6.45) is 5.69. The van der Waals surface area contributed by atoms with Crippen LogP contribution in [0.1, 0.15) is 33.8 Å². The molecule has 0 radical (unpaired) electrons. The van der Waals surface area contributed by atoms with E-state index < -0.39 is 6.04 Å². The van der Waals surface area contributed by atoms with E-state index in [-0.39, 0.29) is 17.7 Å². The molecule has 152 valence electrons. The Morgan fingerprint density at radius 1 is 1.13 bits per heavy atom. The molecule has 2 N–H and O–H groups in total. The van der Waals surface area contributed by atoms with Crippen molar-refractivity contribution in [3.8, 4) is 11.6 Å². The van der Waals surface area contributed by atoms with Crippen LogP contribution in [0.2, 0.25) is 0 Å². The topological polar surface area (TPSA) is 129 Å². The fraction of sp³-hybridized carbons (Fsp3) is 0.143. The van der Waals surface area contributed by atoms with Gasteiger partial charge in [0.15, 0.2) is 0 Å². The zero-order valence-electron chi connectivity index (χ0n) is 16.2. The minimum Gasteiger partial charge on any atom is -0.411 e. The second-order valence-corrected chi connectivity index (χ2v) is 7.26. The van der Waals surface area contributed by atoms with E-state index in [1.54, 1.807) is 23.5 Å². The second kappa shape index (κ2) is 6.87. The molecule has 0 unspecified atom stereocenters. The Kier molecular flexibility index (Phi) is 3.88. The maximum absolute atomic E-state index is 13.4. The van der Waals surface area contributed by atoms with Crippen molar-refractivity contribution in [1.29, 1.82) is 0 Å². The summed E-state index contributed by atoms with van der Waals surface area (Å²) in [6.45, 7) is 0.467. The number of hydrogen-bond donors (Lipinski definition) is 2. The molecular weight excluding hydrogens is 396 g/mol. The number of aromatic amines is 2. The first-order valence-electron chi connectivity index (χ1n) is 9.79. The van der Waals surface area contributed by atoms with Crippen LogP contribution in [0, 0.1) is 0 Å². The van der Waals surface area contributed by atoms with Crippen LogP contribution in [0.3, 0.4) is 0 Å². The monoisotopic (exact) mass is 412 g/mol. The third kappa shape index (κ3) is 2.88. The Bertz CT molecular complexity index is 1390. The predicted molar refractivity (Wildman–Crippen MR) is 109 cm³/mol. The van der Waals surface area contributed by atoms with Crippen molar-refractivity contribution in [3.05, 3.63) is 78.1 Å². The van der Waals surface area contributed by atoms with Gasteiger partial charge < -0.3 is 14.3 Å². The van der Waals surface area contributed by atoms with Gasteiger partial charge in [-0.25, -0.2) is 4.98 Å². The van der Waals surface area contributed by atoms with Crippen molar-refractivity contribution in [2.75, 3.05) is 6.54 Å². The molecule has 4 aromatic heterocycles. The van der Waals surface area contributed by atoms with Crippen molar-refractivity contribution in [2.24, 2.45) is 0 Å². The largest absolute Gasteiger partial charge is 0.411 e. The summed E-state index contributed by atoms with van der Waals surface area (Å²) in [5.41, 5.74) is 3.05. The molecule has 5 heterocycles. The van der Waals surface area contributed by atoms with Crippen LogP contribution in [-0.4, -0.2) is 52.7 Å². The van der Waals surface area contributed by atoms with E-state index in [1.165, 1.54) is 0 Å². The standard InChI is InChI=1S/C21H16N8O2/c30-21(20-28-27-19(31-20)15-5-7-25-26-15)29-8-6-14-17(24-11-23-14)18(29)16-9-12-3-1-2-4-13(12)10-22-16/h1-5,7,9-11,18H,6,8H2,(H,23,24)(H,25,26)/t18-/m1/s1. The molecule has 10 nitrogen and oxygen atoms in total. The van der Waals surface area contributed by atoms with Gasteiger partial charge in [0.25, 0.3) is 5.89 Å². The fourth-order valence-electron chi connectivity index (χ4n) is 3.96. The number of pyridine rings is 1. The highest BCUT2D eigenvalue weighted by Gasteiger charge is 2.37. The molecule has 1 aromatic carbocycles. The van der Waals surface area contributed by atoms with E-state index in [4.69, 9.17) is 4.42 Å². The highest BCUT2D eigenvalue weighted by molar-refractivity contribution is 5.90. The molecular formula is C21H16N8O2. The lowest BCUT2D eigenvalue weighted by molar-refractivity contribution is 0.0647. The maximum Gasteiger partial charge on any atom is 0.312 e. The van der Waals surface area contributed by atoms with E-state index in [0.29, 0.717) is 18.7 Å². The molecule has 0 aliphatic carbocycles. The van der Waals surface area contributed by atoms with Crippen LogP contribution in [0.15, 0.2) is 59.5 Å². The number of hydrogen-bond acceptors (Lipinski definition) is 7. The first-order valence-corrected chi connectivity index (χ1v) is 9.79. The zero-order chi connectivity index (χ0) is 20.8. The molecule has 31 heavy (non-hydrogen) atoms. The van der Waals surface area contributed by atoms with Crippen LogP contribution in [0.25, 0.3) is 22.4 Å². The number of imidazole rings is 1. The number of rotatable bonds is 3. The lowest BCUT2D eigenvalue weighted by atomic mass is 9.98. The van der Waals surface area contributed by atoms with Gasteiger partial charge in [-0.05, 0) is 17.5 Å². The molecule has 0 spiro atoms. The van der Waals surface area contributed by atoms with Gasteiger partial charge in [0.1, 0.15) is 11.7 Å². The number of carbonyl (C=O) groups is 1. The summed E-state index contributed by atoms with van der Waals surface area (Å²) in [4.78, 5) is 27.4. The number of H-pyrrole nitrogens is 2. The molecule has 1 atom stereocenters. The SMILES string of the molecule is O=C(c1nnc(-c2ccn[nH]2)o1)N1CCc2[nH]cnc2[C@H]1c1cc2ccccc2cn1. The first kappa shape index (κ1) is 17.5. The predicted octanol–water partition coefficient (Wildman–Crippen LogP) is 2.52. The smallest absolute Gasteiger partial charge is 0.312 e. The third-order valence-corrected chi connectivity index (χ3v) is 5.46. The van der Waals surface area contributed by atoms with Crippen molar-refractivity contribution in [2.45, 2.75) is 12.5 Å². The van der Waals surface area contributed by atoms with Gasteiger partial charge in [-0.2, -0.15) is 5.10 Å². The normalized spacial score (nSPS) is 15.9. The molecule has 5 aromatic rings. The number of nitrogens with zero attached hydrogens (tertiary/aromatic N) is 6. The number of amides is 1. The van der Waals surface area contributed by atoms with Crippen molar-refractivity contribution < 1.29 is 9.21 Å². The van der Waals surface area contributed by atoms with Gasteiger partial charge in [-0.1, -0.05) is 24.3 Å². The number of fused-ring (bicyclic) bond motifs is 2. The number of carbonyl (C=O) groups excluding carboxylic acids is 1. The van der Waals surface area contributed by atoms with Crippen molar-refractivity contribution in [1.82, 2.24) is 40.2 Å². The number of aromatic nitrogens is 7. The summed E-state index contributed by atoms with van der Waals surface area (Å²) < 4.78 is 5.63. The van der Waals surface area contributed by atoms with E-state index in [1.807, 2.05) is 36.5 Å². The Labute approximate surface area is 175 Å². The molecule has 0 bridgehead atoms. The average molecular weight is 412 g/mol. The van der Waals surface area contributed by atoms with Crippen LogP contribution in [0.4, 0.5) is 0 Å². The van der Waals surface area contributed by atoms with Crippen LogP contribution >= 0.6 is 0 Å². The zero-order valence-corrected chi connectivity index (χ0v) is 16.2. The Morgan fingerprint density at radius 3 is 2.90 bits per heavy atom. The van der Waals surface area contributed by atoms with Crippen LogP contribution < -0.4 is 0 Å². The van der Waals surface area contributed by atoms with E-state index in [0.717, 1.165) is 27.9 Å². The lowest BCUT2D eigenvalue weighted by Crippen LogP contribution is -2.41. The van der Waals surface area contributed by atoms with Crippen LogP contribution in [-0.2, 0) is 6.42 Å². The molecule has 1 amide bonds. The van der Waals surface area contributed by atoms with Gasteiger partial charge in [-0.15, -0.1) is 10.2 Å². The molecule has 1 aliphatic rings. The van der Waals surface area contributed by atoms with Gasteiger partial charge >= 0.3 is 11.8 Å². The van der Waals surface area contributed by atoms with Crippen molar-refractivity contribution >= 4 is 16.7 Å². The van der Waals surface area contributed by atoms with Crippen LogP contribution in [0.5, 0.6) is 0 Å². The highest BCUT2D eigenvalue weighted by Crippen LogP contribution is 2.34. The Morgan fingerprint density at radius 2 is 2.03 bits per heavy atom. The third-order valence-electron chi connectivity index (χ3n) is 5.46. The van der Waals surface area contributed by atoms with Gasteiger partial charge in [0.2, 0.25) is 0 Å². The molecule has 1 aliphatic heterocycles. The Hall–Kier alpha value is -4.34. The minimum atomic E-state index is -0.463. The molecule has 6 rings (SSSR count). The van der Waals surface area contributed by atoms with Gasteiger partial charge in [0, 0.05) is 36.4 Å². The van der Waals surface area contributed by atoms with E-state index in [2.05, 4.69) is 35.3 Å². The second-order valence-electron chi connectivity index (χ2n) is 7.26. The molecule has 0 fully saturated rings. The summed E-state index contributed by atoms with van der Waals surface area (Å²) in [5, 5.41) is 16.6. The van der Waals surface area contributed by atoms with E-state index in [9.17, 15) is 4.79 Å². The number of benzene rings is 1. The minimum absolute atomic E-state index is 0.0885. The number of nitrogens with one attached hydrogen (secondary N) is 2. The summed E-state index contributed by atoms with van der Waals surface area (Å²) in [6, 6.07) is 11.2. The maximum atomic E-state index is 13.4. The lowest BCUT2D eigenvalue weighted by Gasteiger charge is -2.33. The Balaban J connectivity index is 1.42. The first-order chi connectivity index (χ1) is 15.3. The molecule has 0 saturated carbocycles. The summed E-state index contributed by atoms with van der Waals surface area (Å²) >= 11 is 0. The van der Waals surface area contributed by atoms with Crippen molar-refractivity contribution in [3.63, 3.8) is 0 Å².